The van der Waals surface area contributed by atoms with Gasteiger partial charge >= 0.3 is 0 Å². The van der Waals surface area contributed by atoms with Crippen LogP contribution >= 0.6 is 9.24 Å². The summed E-state index contributed by atoms with van der Waals surface area (Å²) in [5.74, 6) is -0.0222. The summed E-state index contributed by atoms with van der Waals surface area (Å²) < 4.78 is 0. The molecule has 0 saturated carbocycles. The predicted molar refractivity (Wildman–Crippen MR) is 53.2 cm³/mol. The molecule has 0 aromatic rings. The monoisotopic (exact) mass is 192 g/mol. The molecule has 13 heavy (non-hydrogen) atoms. The highest BCUT2D eigenvalue weighted by atomic mass is 31.0. The summed E-state index contributed by atoms with van der Waals surface area (Å²) in [7, 11) is 2.59. The van der Waals surface area contributed by atoms with Crippen LogP contribution < -0.4 is 0 Å². The molecule has 2 nitrogen and oxygen atoms in total. The Labute approximate surface area is 78.6 Å². The molecule has 66 valence electrons. The molecule has 2 aliphatic carbocycles. The molecule has 0 fully saturated rings. The maximum atomic E-state index is 11.4. The van der Waals surface area contributed by atoms with Crippen LogP contribution in [0.1, 0.15) is 12.8 Å². The van der Waals surface area contributed by atoms with Gasteiger partial charge in [-0.3, -0.25) is 9.59 Å². The number of carbonyl (C=O) groups excluding carboxylic acids is 2. The van der Waals surface area contributed by atoms with E-state index in [0.717, 1.165) is 5.31 Å². The lowest BCUT2D eigenvalue weighted by atomic mass is 9.87. The van der Waals surface area contributed by atoms with E-state index in [1.807, 2.05) is 6.08 Å². The summed E-state index contributed by atoms with van der Waals surface area (Å²) in [6.45, 7) is 0. The lowest BCUT2D eigenvalue weighted by Gasteiger charge is -2.18. The molecule has 0 aromatic heterocycles. The first-order chi connectivity index (χ1) is 6.18. The van der Waals surface area contributed by atoms with Crippen molar-refractivity contribution in [3.05, 3.63) is 34.7 Å². The van der Waals surface area contributed by atoms with Gasteiger partial charge in [-0.25, -0.2) is 0 Å². The Morgan fingerprint density at radius 1 is 1.08 bits per heavy atom. The van der Waals surface area contributed by atoms with Gasteiger partial charge in [0.15, 0.2) is 11.6 Å². The SMILES string of the molecule is O=C1C=CC(=O)C2=C1CC=C(P)C2. The molecule has 0 spiro atoms. The van der Waals surface area contributed by atoms with Gasteiger partial charge in [0, 0.05) is 17.6 Å². The molecule has 0 bridgehead atoms. The van der Waals surface area contributed by atoms with E-state index >= 15 is 0 Å². The maximum absolute atomic E-state index is 11.4. The third kappa shape index (κ3) is 1.42. The minimum absolute atomic E-state index is 0.0108. The van der Waals surface area contributed by atoms with Crippen molar-refractivity contribution in [1.82, 2.24) is 0 Å². The van der Waals surface area contributed by atoms with Crippen molar-refractivity contribution in [1.29, 1.82) is 0 Å². The standard InChI is InChI=1S/C10H9O2P/c11-9-3-4-10(12)8-5-6(13)1-2-7(8)9/h1,3-4H,2,5,13H2. The smallest absolute Gasteiger partial charge is 0.182 e. The number of hydrogen-bond donors (Lipinski definition) is 0. The fourth-order valence-electron chi connectivity index (χ4n) is 1.58. The zero-order chi connectivity index (χ0) is 9.42. The van der Waals surface area contributed by atoms with Gasteiger partial charge in [-0.15, -0.1) is 9.24 Å². The molecule has 2 aliphatic rings. The Morgan fingerprint density at radius 3 is 2.38 bits per heavy atom. The van der Waals surface area contributed by atoms with Gasteiger partial charge in [0.05, 0.1) is 0 Å². The van der Waals surface area contributed by atoms with E-state index in [0.29, 0.717) is 24.0 Å². The molecule has 0 radical (unpaired) electrons. The van der Waals surface area contributed by atoms with E-state index in [9.17, 15) is 9.59 Å². The van der Waals surface area contributed by atoms with E-state index < -0.39 is 0 Å². The predicted octanol–water partition coefficient (Wildman–Crippen LogP) is 1.54. The molecule has 0 N–H and O–H groups in total. The van der Waals surface area contributed by atoms with Crippen molar-refractivity contribution in [2.24, 2.45) is 0 Å². The van der Waals surface area contributed by atoms with Crippen LogP contribution in [0.15, 0.2) is 34.7 Å². The first-order valence-corrected chi connectivity index (χ1v) is 4.69. The molecule has 2 rings (SSSR count). The Bertz CT molecular complexity index is 386. The molecular formula is C10H9O2P. The van der Waals surface area contributed by atoms with Crippen LogP contribution in [0.5, 0.6) is 0 Å². The topological polar surface area (TPSA) is 34.1 Å². The van der Waals surface area contributed by atoms with E-state index in [2.05, 4.69) is 9.24 Å². The van der Waals surface area contributed by atoms with E-state index in [-0.39, 0.29) is 11.6 Å². The average Bonchev–Trinajstić information content (AvgIpc) is 2.12. The second-order valence-corrected chi connectivity index (χ2v) is 3.92. The molecule has 1 atom stereocenters. The summed E-state index contributed by atoms with van der Waals surface area (Å²) in [5, 5.41) is 1.09. The lowest BCUT2D eigenvalue weighted by molar-refractivity contribution is -0.115. The molecule has 0 aliphatic heterocycles. The number of ketones is 2. The highest BCUT2D eigenvalue weighted by Gasteiger charge is 2.24. The second-order valence-electron chi connectivity index (χ2n) is 3.18. The Morgan fingerprint density at radius 2 is 1.69 bits per heavy atom. The van der Waals surface area contributed by atoms with Crippen molar-refractivity contribution in [3.8, 4) is 0 Å². The molecule has 1 unspecified atom stereocenters. The third-order valence-corrected chi connectivity index (χ3v) is 2.73. The Kier molecular flexibility index (Phi) is 2.01. The van der Waals surface area contributed by atoms with Crippen LogP contribution in [0, 0.1) is 0 Å². The Hall–Kier alpha value is -1.01. The van der Waals surface area contributed by atoms with Crippen LogP contribution in [0.25, 0.3) is 0 Å². The van der Waals surface area contributed by atoms with Crippen molar-refractivity contribution in [2.75, 3.05) is 0 Å². The Balaban J connectivity index is 2.41. The highest BCUT2D eigenvalue weighted by Crippen LogP contribution is 2.31. The van der Waals surface area contributed by atoms with Gasteiger partial charge in [-0.05, 0) is 18.6 Å². The van der Waals surface area contributed by atoms with Crippen LogP contribution in [-0.2, 0) is 9.59 Å². The van der Waals surface area contributed by atoms with Gasteiger partial charge < -0.3 is 0 Å². The summed E-state index contributed by atoms with van der Waals surface area (Å²) in [4.78, 5) is 22.7. The maximum Gasteiger partial charge on any atom is 0.182 e. The van der Waals surface area contributed by atoms with Crippen molar-refractivity contribution < 1.29 is 9.59 Å². The number of hydrogen-bond acceptors (Lipinski definition) is 2. The van der Waals surface area contributed by atoms with Gasteiger partial charge in [-0.1, -0.05) is 11.4 Å². The lowest BCUT2D eigenvalue weighted by Crippen LogP contribution is -2.16. The quantitative estimate of drug-likeness (QED) is 0.431. The van der Waals surface area contributed by atoms with Gasteiger partial charge in [0.25, 0.3) is 0 Å². The molecular weight excluding hydrogens is 183 g/mol. The van der Waals surface area contributed by atoms with E-state index in [4.69, 9.17) is 0 Å². The van der Waals surface area contributed by atoms with Crippen LogP contribution in [-0.4, -0.2) is 11.6 Å². The molecule has 0 amide bonds. The molecule has 0 saturated heterocycles. The van der Waals surface area contributed by atoms with Gasteiger partial charge in [0.2, 0.25) is 0 Å². The summed E-state index contributed by atoms with van der Waals surface area (Å²) in [6, 6.07) is 0. The third-order valence-electron chi connectivity index (χ3n) is 2.29. The molecule has 3 heteroatoms. The number of carbonyl (C=O) groups is 2. The zero-order valence-electron chi connectivity index (χ0n) is 7.04. The largest absolute Gasteiger partial charge is 0.290 e. The van der Waals surface area contributed by atoms with Crippen LogP contribution in [0.4, 0.5) is 0 Å². The number of allylic oxidation sites excluding steroid dienone is 6. The summed E-state index contributed by atoms with van der Waals surface area (Å²) >= 11 is 0. The zero-order valence-corrected chi connectivity index (χ0v) is 8.19. The first kappa shape index (κ1) is 8.58. The first-order valence-electron chi connectivity index (χ1n) is 4.12. The summed E-state index contributed by atoms with van der Waals surface area (Å²) in [6.07, 6.45) is 5.92. The second kappa shape index (κ2) is 3.04. The fraction of sp³-hybridized carbons (Fsp3) is 0.200. The van der Waals surface area contributed by atoms with E-state index in [1.54, 1.807) is 0 Å². The van der Waals surface area contributed by atoms with Crippen molar-refractivity contribution in [2.45, 2.75) is 12.8 Å². The normalized spacial score (nSPS) is 21.8. The summed E-state index contributed by atoms with van der Waals surface area (Å²) in [5.41, 5.74) is 1.36. The highest BCUT2D eigenvalue weighted by molar-refractivity contribution is 7.22. The minimum atomic E-state index is -0.0114. The molecule has 0 aromatic carbocycles. The minimum Gasteiger partial charge on any atom is -0.290 e. The van der Waals surface area contributed by atoms with Gasteiger partial charge in [0.1, 0.15) is 0 Å². The molecule has 0 heterocycles. The van der Waals surface area contributed by atoms with Crippen LogP contribution in [0.3, 0.4) is 0 Å². The van der Waals surface area contributed by atoms with E-state index in [1.165, 1.54) is 12.2 Å². The van der Waals surface area contributed by atoms with Crippen molar-refractivity contribution in [3.63, 3.8) is 0 Å². The number of rotatable bonds is 0. The fourth-order valence-corrected chi connectivity index (χ4v) is 1.90. The van der Waals surface area contributed by atoms with Gasteiger partial charge in [-0.2, -0.15) is 0 Å². The van der Waals surface area contributed by atoms with Crippen molar-refractivity contribution >= 4 is 20.8 Å². The van der Waals surface area contributed by atoms with Crippen LogP contribution in [0.2, 0.25) is 0 Å². The average molecular weight is 192 g/mol.